The predicted molar refractivity (Wildman–Crippen MR) is 93.2 cm³/mol. The van der Waals surface area contributed by atoms with Gasteiger partial charge in [0.2, 0.25) is 5.91 Å². The predicted octanol–water partition coefficient (Wildman–Crippen LogP) is 0.854. The standard InChI is InChI=1S/C18H31N5O/c1-15-3-2-6-23(15)18(24)12-20-17-5-4-16(11-17)13-21-7-9-22(14-19)10-8-21/h15-17,20H,2-13H2,1H3/t15-,16?,17?/m1/s1. The number of hydrogen-bond donors (Lipinski definition) is 1. The molecule has 2 saturated heterocycles. The average molecular weight is 333 g/mol. The van der Waals surface area contributed by atoms with Gasteiger partial charge in [0, 0.05) is 51.4 Å². The van der Waals surface area contributed by atoms with Crippen molar-refractivity contribution in [3.05, 3.63) is 0 Å². The van der Waals surface area contributed by atoms with E-state index >= 15 is 0 Å². The van der Waals surface area contributed by atoms with Crippen LogP contribution in [-0.2, 0) is 4.79 Å². The van der Waals surface area contributed by atoms with E-state index in [0.717, 1.165) is 58.0 Å². The first kappa shape index (κ1) is 17.5. The number of piperazine rings is 1. The first-order valence-electron chi connectivity index (χ1n) is 9.55. The van der Waals surface area contributed by atoms with Crippen LogP contribution in [0.3, 0.4) is 0 Å². The summed E-state index contributed by atoms with van der Waals surface area (Å²) in [6, 6.07) is 0.917. The number of likely N-dealkylation sites (tertiary alicyclic amines) is 1. The number of rotatable bonds is 5. The Kier molecular flexibility index (Phi) is 5.96. The van der Waals surface area contributed by atoms with E-state index < -0.39 is 0 Å². The van der Waals surface area contributed by atoms with Crippen molar-refractivity contribution >= 4 is 5.91 Å². The maximum atomic E-state index is 12.3. The average Bonchev–Trinajstić information content (AvgIpc) is 3.22. The van der Waals surface area contributed by atoms with Crippen molar-refractivity contribution in [1.82, 2.24) is 20.0 Å². The third-order valence-corrected chi connectivity index (χ3v) is 5.99. The van der Waals surface area contributed by atoms with Gasteiger partial charge in [0.1, 0.15) is 0 Å². The number of carbonyl (C=O) groups is 1. The number of hydrogen-bond acceptors (Lipinski definition) is 5. The number of amides is 1. The van der Waals surface area contributed by atoms with E-state index in [4.69, 9.17) is 5.26 Å². The van der Waals surface area contributed by atoms with Crippen molar-refractivity contribution in [3.63, 3.8) is 0 Å². The van der Waals surface area contributed by atoms with Crippen LogP contribution in [0.15, 0.2) is 0 Å². The Labute approximate surface area is 145 Å². The zero-order chi connectivity index (χ0) is 16.9. The quantitative estimate of drug-likeness (QED) is 0.756. The molecule has 0 aromatic rings. The molecule has 24 heavy (non-hydrogen) atoms. The second kappa shape index (κ2) is 8.17. The Morgan fingerprint density at radius 3 is 2.62 bits per heavy atom. The van der Waals surface area contributed by atoms with E-state index in [2.05, 4.69) is 23.3 Å². The molecule has 2 heterocycles. The highest BCUT2D eigenvalue weighted by atomic mass is 16.2. The van der Waals surface area contributed by atoms with E-state index in [1.807, 2.05) is 9.80 Å². The van der Waals surface area contributed by atoms with Crippen LogP contribution in [-0.4, -0.2) is 78.5 Å². The van der Waals surface area contributed by atoms with Gasteiger partial charge in [0.05, 0.1) is 6.54 Å². The lowest BCUT2D eigenvalue weighted by molar-refractivity contribution is -0.130. The van der Waals surface area contributed by atoms with Gasteiger partial charge in [-0.25, -0.2) is 0 Å². The lowest BCUT2D eigenvalue weighted by atomic mass is 10.1. The van der Waals surface area contributed by atoms with Crippen LogP contribution in [0.25, 0.3) is 0 Å². The molecule has 2 unspecified atom stereocenters. The van der Waals surface area contributed by atoms with Crippen LogP contribution in [0.4, 0.5) is 0 Å². The SMILES string of the molecule is C[C@@H]1CCCN1C(=O)CNC1CCC(CN2CCN(C#N)CC2)C1. The highest BCUT2D eigenvalue weighted by Crippen LogP contribution is 2.27. The lowest BCUT2D eigenvalue weighted by Crippen LogP contribution is -2.46. The number of carbonyl (C=O) groups excluding carboxylic acids is 1. The maximum absolute atomic E-state index is 12.3. The van der Waals surface area contributed by atoms with E-state index in [-0.39, 0.29) is 5.91 Å². The van der Waals surface area contributed by atoms with Gasteiger partial charge >= 0.3 is 0 Å². The third-order valence-electron chi connectivity index (χ3n) is 5.99. The Morgan fingerprint density at radius 1 is 1.17 bits per heavy atom. The molecule has 3 atom stereocenters. The van der Waals surface area contributed by atoms with Gasteiger partial charge in [-0.1, -0.05) is 0 Å². The summed E-state index contributed by atoms with van der Waals surface area (Å²) in [6.07, 6.45) is 8.16. The van der Waals surface area contributed by atoms with Crippen LogP contribution in [0, 0.1) is 17.4 Å². The molecule has 6 heteroatoms. The molecule has 0 spiro atoms. The molecule has 0 aromatic heterocycles. The summed E-state index contributed by atoms with van der Waals surface area (Å²) in [6.45, 7) is 8.49. The molecule has 3 rings (SSSR count). The summed E-state index contributed by atoms with van der Waals surface area (Å²) in [5, 5.41) is 12.4. The summed E-state index contributed by atoms with van der Waals surface area (Å²) in [5.74, 6) is 1.01. The summed E-state index contributed by atoms with van der Waals surface area (Å²) >= 11 is 0. The van der Waals surface area contributed by atoms with Gasteiger partial charge in [-0.05, 0) is 44.9 Å². The van der Waals surface area contributed by atoms with Gasteiger partial charge in [-0.2, -0.15) is 5.26 Å². The molecule has 3 aliphatic rings. The molecule has 1 amide bonds. The van der Waals surface area contributed by atoms with E-state index in [9.17, 15) is 4.79 Å². The molecule has 1 N–H and O–H groups in total. The molecule has 6 nitrogen and oxygen atoms in total. The fourth-order valence-corrected chi connectivity index (χ4v) is 4.46. The molecule has 3 fully saturated rings. The summed E-state index contributed by atoms with van der Waals surface area (Å²) in [5.41, 5.74) is 0. The Bertz CT molecular complexity index is 469. The van der Waals surface area contributed by atoms with Gasteiger partial charge in [0.15, 0.2) is 6.19 Å². The topological polar surface area (TPSA) is 62.6 Å². The second-order valence-electron chi connectivity index (χ2n) is 7.72. The van der Waals surface area contributed by atoms with Gasteiger partial charge in [-0.3, -0.25) is 9.69 Å². The van der Waals surface area contributed by atoms with Crippen molar-refractivity contribution in [1.29, 1.82) is 5.26 Å². The Balaban J connectivity index is 1.34. The fraction of sp³-hybridized carbons (Fsp3) is 0.889. The number of nitrogens with zero attached hydrogens (tertiary/aromatic N) is 4. The van der Waals surface area contributed by atoms with Gasteiger partial charge in [-0.15, -0.1) is 0 Å². The third kappa shape index (κ3) is 4.40. The Morgan fingerprint density at radius 2 is 1.96 bits per heavy atom. The summed E-state index contributed by atoms with van der Waals surface area (Å²) in [4.78, 5) is 18.7. The van der Waals surface area contributed by atoms with E-state index in [1.165, 1.54) is 19.3 Å². The minimum Gasteiger partial charge on any atom is -0.339 e. The normalized spacial score (nSPS) is 31.4. The monoisotopic (exact) mass is 333 g/mol. The van der Waals surface area contributed by atoms with Crippen molar-refractivity contribution in [2.24, 2.45) is 5.92 Å². The summed E-state index contributed by atoms with van der Waals surface area (Å²) in [7, 11) is 0. The van der Waals surface area contributed by atoms with Gasteiger partial charge in [0.25, 0.3) is 0 Å². The molecule has 1 saturated carbocycles. The molecule has 1 aliphatic carbocycles. The number of nitriles is 1. The van der Waals surface area contributed by atoms with Crippen LogP contribution in [0.2, 0.25) is 0 Å². The van der Waals surface area contributed by atoms with Crippen LogP contribution in [0.5, 0.6) is 0 Å². The van der Waals surface area contributed by atoms with Crippen LogP contribution >= 0.6 is 0 Å². The molecule has 0 radical (unpaired) electrons. The zero-order valence-electron chi connectivity index (χ0n) is 14.9. The second-order valence-corrected chi connectivity index (χ2v) is 7.72. The van der Waals surface area contributed by atoms with E-state index in [0.29, 0.717) is 18.6 Å². The smallest absolute Gasteiger partial charge is 0.236 e. The van der Waals surface area contributed by atoms with Crippen molar-refractivity contribution < 1.29 is 4.79 Å². The zero-order valence-corrected chi connectivity index (χ0v) is 14.9. The highest BCUT2D eigenvalue weighted by Gasteiger charge is 2.29. The molecular weight excluding hydrogens is 302 g/mol. The molecule has 134 valence electrons. The summed E-state index contributed by atoms with van der Waals surface area (Å²) < 4.78 is 0. The van der Waals surface area contributed by atoms with Crippen LogP contribution in [0.1, 0.15) is 39.0 Å². The minimum atomic E-state index is 0.274. The lowest BCUT2D eigenvalue weighted by Gasteiger charge is -2.33. The molecule has 2 aliphatic heterocycles. The molecule has 0 bridgehead atoms. The van der Waals surface area contributed by atoms with Gasteiger partial charge < -0.3 is 15.1 Å². The molecule has 0 aromatic carbocycles. The maximum Gasteiger partial charge on any atom is 0.236 e. The number of nitrogens with one attached hydrogen (secondary N) is 1. The molecular formula is C18H31N5O. The van der Waals surface area contributed by atoms with Crippen molar-refractivity contribution in [2.45, 2.75) is 51.1 Å². The first-order valence-corrected chi connectivity index (χ1v) is 9.55. The van der Waals surface area contributed by atoms with Crippen LogP contribution < -0.4 is 5.32 Å². The largest absolute Gasteiger partial charge is 0.339 e. The minimum absolute atomic E-state index is 0.274. The Hall–Kier alpha value is -1.32. The van der Waals surface area contributed by atoms with E-state index in [1.54, 1.807) is 0 Å². The highest BCUT2D eigenvalue weighted by molar-refractivity contribution is 5.78. The van der Waals surface area contributed by atoms with Crippen molar-refractivity contribution in [2.75, 3.05) is 45.8 Å². The first-order chi connectivity index (χ1) is 11.7. The fourth-order valence-electron chi connectivity index (χ4n) is 4.46. The van der Waals surface area contributed by atoms with Crippen molar-refractivity contribution in [3.8, 4) is 6.19 Å².